The standard InChI is InChI=1S/C12H26N2O2/c1-5-6-8-13-11(16)14-10(7-9-15)12(2,3)4/h10,15H,5-9H2,1-4H3,(H2,13,14,16). The smallest absolute Gasteiger partial charge is 0.315 e. The average molecular weight is 230 g/mol. The van der Waals surface area contributed by atoms with Crippen molar-refractivity contribution < 1.29 is 9.90 Å². The first-order chi connectivity index (χ1) is 7.41. The van der Waals surface area contributed by atoms with Crippen LogP contribution in [0.1, 0.15) is 47.0 Å². The summed E-state index contributed by atoms with van der Waals surface area (Å²) >= 11 is 0. The van der Waals surface area contributed by atoms with Crippen LogP contribution in [0.4, 0.5) is 4.79 Å². The molecule has 0 aliphatic heterocycles. The van der Waals surface area contributed by atoms with Gasteiger partial charge < -0.3 is 15.7 Å². The molecule has 0 aromatic rings. The largest absolute Gasteiger partial charge is 0.396 e. The van der Waals surface area contributed by atoms with Crippen LogP contribution in [0.3, 0.4) is 0 Å². The Bertz CT molecular complexity index is 200. The van der Waals surface area contributed by atoms with Crippen LogP contribution < -0.4 is 10.6 Å². The molecule has 0 rings (SSSR count). The highest BCUT2D eigenvalue weighted by molar-refractivity contribution is 5.74. The van der Waals surface area contributed by atoms with E-state index >= 15 is 0 Å². The van der Waals surface area contributed by atoms with Crippen LogP contribution in [0.2, 0.25) is 0 Å². The van der Waals surface area contributed by atoms with Gasteiger partial charge in [0.2, 0.25) is 0 Å². The van der Waals surface area contributed by atoms with Gasteiger partial charge in [-0.2, -0.15) is 0 Å². The molecule has 0 saturated heterocycles. The number of rotatable bonds is 6. The summed E-state index contributed by atoms with van der Waals surface area (Å²) in [7, 11) is 0. The molecule has 0 aromatic heterocycles. The molecule has 16 heavy (non-hydrogen) atoms. The van der Waals surface area contributed by atoms with Gasteiger partial charge in [-0.3, -0.25) is 0 Å². The van der Waals surface area contributed by atoms with Crippen molar-refractivity contribution in [2.45, 2.75) is 53.0 Å². The zero-order chi connectivity index (χ0) is 12.6. The Morgan fingerprint density at radius 2 is 2.00 bits per heavy atom. The first-order valence-electron chi connectivity index (χ1n) is 6.07. The Morgan fingerprint density at radius 1 is 1.38 bits per heavy atom. The summed E-state index contributed by atoms with van der Waals surface area (Å²) in [4.78, 5) is 11.5. The van der Waals surface area contributed by atoms with E-state index in [1.54, 1.807) is 0 Å². The predicted octanol–water partition coefficient (Wildman–Crippen LogP) is 1.88. The van der Waals surface area contributed by atoms with Crippen molar-refractivity contribution >= 4 is 6.03 Å². The van der Waals surface area contributed by atoms with E-state index in [1.165, 1.54) is 0 Å². The highest BCUT2D eigenvalue weighted by Gasteiger charge is 2.25. The van der Waals surface area contributed by atoms with E-state index in [1.807, 2.05) is 0 Å². The number of hydrogen-bond donors (Lipinski definition) is 3. The molecule has 96 valence electrons. The molecule has 0 saturated carbocycles. The van der Waals surface area contributed by atoms with E-state index in [0.717, 1.165) is 12.8 Å². The lowest BCUT2D eigenvalue weighted by Crippen LogP contribution is -2.48. The van der Waals surface area contributed by atoms with Crippen LogP contribution in [0.25, 0.3) is 0 Å². The molecule has 0 aliphatic carbocycles. The lowest BCUT2D eigenvalue weighted by atomic mass is 9.85. The first kappa shape index (κ1) is 15.2. The number of carbonyl (C=O) groups is 1. The predicted molar refractivity (Wildman–Crippen MR) is 66.4 cm³/mol. The van der Waals surface area contributed by atoms with Gasteiger partial charge in [-0.05, 0) is 18.3 Å². The second kappa shape index (κ2) is 7.49. The third-order valence-corrected chi connectivity index (χ3v) is 2.58. The fraction of sp³-hybridized carbons (Fsp3) is 0.917. The summed E-state index contributed by atoms with van der Waals surface area (Å²) in [6.07, 6.45) is 2.65. The molecule has 3 N–H and O–H groups in total. The number of aliphatic hydroxyl groups excluding tert-OH is 1. The lowest BCUT2D eigenvalue weighted by Gasteiger charge is -2.31. The fourth-order valence-electron chi connectivity index (χ4n) is 1.44. The van der Waals surface area contributed by atoms with Crippen molar-refractivity contribution in [2.24, 2.45) is 5.41 Å². The van der Waals surface area contributed by atoms with Crippen LogP contribution in [-0.4, -0.2) is 30.3 Å². The van der Waals surface area contributed by atoms with Crippen molar-refractivity contribution in [3.8, 4) is 0 Å². The molecular formula is C12H26N2O2. The molecule has 0 aromatic carbocycles. The van der Waals surface area contributed by atoms with Gasteiger partial charge in [0.1, 0.15) is 0 Å². The second-order valence-corrected chi connectivity index (χ2v) is 5.18. The Morgan fingerprint density at radius 3 is 2.44 bits per heavy atom. The van der Waals surface area contributed by atoms with Crippen LogP contribution in [-0.2, 0) is 0 Å². The third-order valence-electron chi connectivity index (χ3n) is 2.58. The molecule has 1 atom stereocenters. The van der Waals surface area contributed by atoms with Gasteiger partial charge in [-0.15, -0.1) is 0 Å². The van der Waals surface area contributed by atoms with Gasteiger partial charge in [0, 0.05) is 19.2 Å². The molecular weight excluding hydrogens is 204 g/mol. The van der Waals surface area contributed by atoms with Gasteiger partial charge in [-0.1, -0.05) is 34.1 Å². The van der Waals surface area contributed by atoms with Gasteiger partial charge in [0.25, 0.3) is 0 Å². The molecule has 0 spiro atoms. The van der Waals surface area contributed by atoms with Crippen molar-refractivity contribution in [2.75, 3.05) is 13.2 Å². The van der Waals surface area contributed by atoms with E-state index in [9.17, 15) is 4.79 Å². The molecule has 0 radical (unpaired) electrons. The summed E-state index contributed by atoms with van der Waals surface area (Å²) in [5.41, 5.74) is -0.0369. The minimum Gasteiger partial charge on any atom is -0.396 e. The van der Waals surface area contributed by atoms with E-state index in [2.05, 4.69) is 38.3 Å². The number of carbonyl (C=O) groups excluding carboxylic acids is 1. The molecule has 0 heterocycles. The summed E-state index contributed by atoms with van der Waals surface area (Å²) in [6, 6.07) is -0.138. The van der Waals surface area contributed by atoms with Crippen molar-refractivity contribution in [1.29, 1.82) is 0 Å². The van der Waals surface area contributed by atoms with Gasteiger partial charge in [0.05, 0.1) is 0 Å². The Kier molecular flexibility index (Phi) is 7.13. The number of amides is 2. The topological polar surface area (TPSA) is 61.4 Å². The van der Waals surface area contributed by atoms with Crippen LogP contribution in [0.5, 0.6) is 0 Å². The molecule has 0 bridgehead atoms. The quantitative estimate of drug-likeness (QED) is 0.610. The van der Waals surface area contributed by atoms with Crippen molar-refractivity contribution in [3.63, 3.8) is 0 Å². The van der Waals surface area contributed by atoms with Gasteiger partial charge in [0.15, 0.2) is 0 Å². The molecule has 0 aliphatic rings. The zero-order valence-electron chi connectivity index (χ0n) is 11.0. The van der Waals surface area contributed by atoms with Crippen LogP contribution in [0, 0.1) is 5.41 Å². The molecule has 1 unspecified atom stereocenters. The summed E-state index contributed by atoms with van der Waals surface area (Å²) in [6.45, 7) is 9.05. The molecule has 2 amide bonds. The number of urea groups is 1. The maximum absolute atomic E-state index is 11.5. The Labute approximate surface area is 98.8 Å². The number of nitrogens with one attached hydrogen (secondary N) is 2. The minimum absolute atomic E-state index is 0.000809. The molecule has 0 fully saturated rings. The number of aliphatic hydroxyl groups is 1. The molecule has 4 heteroatoms. The molecule has 4 nitrogen and oxygen atoms in total. The van der Waals surface area contributed by atoms with Crippen LogP contribution in [0.15, 0.2) is 0 Å². The average Bonchev–Trinajstić information content (AvgIpc) is 2.16. The second-order valence-electron chi connectivity index (χ2n) is 5.18. The van der Waals surface area contributed by atoms with Crippen molar-refractivity contribution in [1.82, 2.24) is 10.6 Å². The van der Waals surface area contributed by atoms with Gasteiger partial charge in [-0.25, -0.2) is 4.79 Å². The Hall–Kier alpha value is -0.770. The summed E-state index contributed by atoms with van der Waals surface area (Å²) in [5, 5.41) is 14.7. The highest BCUT2D eigenvalue weighted by atomic mass is 16.3. The normalized spacial score (nSPS) is 13.3. The van der Waals surface area contributed by atoms with E-state index in [-0.39, 0.29) is 24.1 Å². The maximum atomic E-state index is 11.5. The summed E-state index contributed by atoms with van der Waals surface area (Å²) in [5.74, 6) is 0. The first-order valence-corrected chi connectivity index (χ1v) is 6.07. The van der Waals surface area contributed by atoms with E-state index in [4.69, 9.17) is 5.11 Å². The van der Waals surface area contributed by atoms with E-state index in [0.29, 0.717) is 13.0 Å². The highest BCUT2D eigenvalue weighted by Crippen LogP contribution is 2.21. The summed E-state index contributed by atoms with van der Waals surface area (Å²) < 4.78 is 0. The van der Waals surface area contributed by atoms with Gasteiger partial charge >= 0.3 is 6.03 Å². The van der Waals surface area contributed by atoms with Crippen LogP contribution >= 0.6 is 0 Å². The maximum Gasteiger partial charge on any atom is 0.315 e. The number of unbranched alkanes of at least 4 members (excludes halogenated alkanes) is 1. The van der Waals surface area contributed by atoms with E-state index < -0.39 is 0 Å². The van der Waals surface area contributed by atoms with Crippen molar-refractivity contribution in [3.05, 3.63) is 0 Å². The monoisotopic (exact) mass is 230 g/mol. The zero-order valence-corrected chi connectivity index (χ0v) is 11.0. The minimum atomic E-state index is -0.137. The Balaban J connectivity index is 4.04. The number of hydrogen-bond acceptors (Lipinski definition) is 2. The SMILES string of the molecule is CCCCNC(=O)NC(CCO)C(C)(C)C. The lowest BCUT2D eigenvalue weighted by molar-refractivity contribution is 0.189. The fourth-order valence-corrected chi connectivity index (χ4v) is 1.44. The third kappa shape index (κ3) is 6.67.